The van der Waals surface area contributed by atoms with Crippen molar-refractivity contribution in [3.8, 4) is 0 Å². The summed E-state index contributed by atoms with van der Waals surface area (Å²) in [5.74, 6) is 2.68. The maximum absolute atomic E-state index is 4.23. The molecule has 0 bridgehead atoms. The summed E-state index contributed by atoms with van der Waals surface area (Å²) in [7, 11) is 1.31. The van der Waals surface area contributed by atoms with E-state index >= 15 is 0 Å². The van der Waals surface area contributed by atoms with Crippen molar-refractivity contribution in [1.82, 2.24) is 0 Å². The monoisotopic (exact) mass is 292 g/mol. The van der Waals surface area contributed by atoms with E-state index in [9.17, 15) is 0 Å². The van der Waals surface area contributed by atoms with Crippen LogP contribution in [0.25, 0.3) is 0 Å². The summed E-state index contributed by atoms with van der Waals surface area (Å²) in [6.07, 6.45) is 20.9. The number of rotatable bonds is 1. The molecule has 0 radical (unpaired) electrons. The molecule has 2 atom stereocenters. The van der Waals surface area contributed by atoms with Gasteiger partial charge < -0.3 is 0 Å². The predicted molar refractivity (Wildman–Crippen MR) is 97.2 cm³/mol. The molecule has 0 aromatic carbocycles. The summed E-state index contributed by atoms with van der Waals surface area (Å²) in [4.78, 5) is 0. The fraction of sp³-hybridized carbons (Fsp3) is 0.619. The van der Waals surface area contributed by atoms with Gasteiger partial charge in [0.1, 0.15) is 0 Å². The Hall–Kier alpha value is -0.975. The van der Waals surface area contributed by atoms with Gasteiger partial charge in [-0.05, 0) is 75.5 Å². The lowest BCUT2D eigenvalue weighted by molar-refractivity contribution is 0.265. The Morgan fingerprint density at radius 2 is 1.86 bits per heavy atom. The minimum Gasteiger partial charge on any atom is -0.100 e. The molecule has 3 aliphatic carbocycles. The van der Waals surface area contributed by atoms with E-state index in [2.05, 4.69) is 24.8 Å². The van der Waals surface area contributed by atoms with Crippen molar-refractivity contribution in [2.75, 3.05) is 0 Å². The third kappa shape index (κ3) is 2.80. The van der Waals surface area contributed by atoms with Crippen molar-refractivity contribution in [3.05, 3.63) is 46.9 Å². The van der Waals surface area contributed by atoms with E-state index in [1.807, 2.05) is 11.0 Å². The Morgan fingerprint density at radius 3 is 2.73 bits per heavy atom. The van der Waals surface area contributed by atoms with E-state index in [1.54, 1.807) is 5.47 Å². The van der Waals surface area contributed by atoms with Crippen LogP contribution in [0.1, 0.15) is 64.2 Å². The second-order valence-corrected chi connectivity index (χ2v) is 8.04. The summed E-state index contributed by atoms with van der Waals surface area (Å²) in [5, 5.41) is 0. The molecule has 1 aliphatic heterocycles. The molecule has 1 heterocycles. The van der Waals surface area contributed by atoms with Crippen LogP contribution in [0.15, 0.2) is 46.9 Å². The number of fused-ring (bicyclic) bond motifs is 1. The maximum atomic E-state index is 4.23. The normalized spacial score (nSPS) is 32.7. The Balaban J connectivity index is 1.64. The number of hydrogen-bond acceptors (Lipinski definition) is 0. The first-order valence-electron chi connectivity index (χ1n) is 9.54. The second-order valence-electron chi connectivity index (χ2n) is 8.04. The quantitative estimate of drug-likeness (QED) is 0.443. The van der Waals surface area contributed by atoms with Gasteiger partial charge in [0.2, 0.25) is 0 Å². The molecule has 0 aromatic rings. The van der Waals surface area contributed by atoms with E-state index in [1.165, 1.54) is 77.1 Å². The van der Waals surface area contributed by atoms with Crippen molar-refractivity contribution in [2.45, 2.75) is 64.2 Å². The second kappa shape index (κ2) is 6.26. The van der Waals surface area contributed by atoms with Gasteiger partial charge in [-0.1, -0.05) is 47.8 Å². The van der Waals surface area contributed by atoms with Gasteiger partial charge in [-0.3, -0.25) is 0 Å². The molecule has 1 heteroatoms. The largest absolute Gasteiger partial charge is 0.182 e. The minimum absolute atomic E-state index is 0.839. The van der Waals surface area contributed by atoms with Crippen LogP contribution in [-0.2, 0) is 0 Å². The van der Waals surface area contributed by atoms with Crippen LogP contribution in [0.2, 0.25) is 0 Å². The van der Waals surface area contributed by atoms with E-state index < -0.39 is 0 Å². The average molecular weight is 292 g/mol. The molecule has 0 aromatic heterocycles. The molecule has 0 spiro atoms. The Morgan fingerprint density at radius 1 is 1.05 bits per heavy atom. The van der Waals surface area contributed by atoms with Gasteiger partial charge in [-0.2, -0.15) is 0 Å². The molecule has 22 heavy (non-hydrogen) atoms. The molecule has 1 saturated carbocycles. The van der Waals surface area contributed by atoms with E-state index in [4.69, 9.17) is 0 Å². The van der Waals surface area contributed by atoms with Crippen LogP contribution in [0.4, 0.5) is 0 Å². The average Bonchev–Trinajstić information content (AvgIpc) is 2.72. The van der Waals surface area contributed by atoms with E-state index in [0.29, 0.717) is 0 Å². The zero-order valence-electron chi connectivity index (χ0n) is 13.9. The maximum Gasteiger partial charge on any atom is 0.182 e. The highest BCUT2D eigenvalue weighted by molar-refractivity contribution is 6.54. The van der Waals surface area contributed by atoms with Gasteiger partial charge in [-0.25, -0.2) is 0 Å². The fourth-order valence-electron chi connectivity index (χ4n) is 5.44. The standard InChI is InChI=1S/C21H29B/c1-15-10-12-16(13-11-15)19-14-17-6-2-4-8-20(17)22-21-9-5-3-7-18(19)21/h2,4,8,16-17,19,22H,1,3,5-7,9-14H2/t17-,19?/m0/s1. The van der Waals surface area contributed by atoms with Crippen LogP contribution >= 0.6 is 0 Å². The fourth-order valence-corrected chi connectivity index (χ4v) is 5.44. The zero-order valence-corrected chi connectivity index (χ0v) is 13.9. The van der Waals surface area contributed by atoms with Crippen LogP contribution in [0, 0.1) is 17.8 Å². The summed E-state index contributed by atoms with van der Waals surface area (Å²) in [6.45, 7) is 4.23. The van der Waals surface area contributed by atoms with Crippen molar-refractivity contribution < 1.29 is 0 Å². The third-order valence-electron chi connectivity index (χ3n) is 6.73. The Kier molecular flexibility index (Phi) is 4.16. The van der Waals surface area contributed by atoms with Crippen molar-refractivity contribution in [2.24, 2.45) is 17.8 Å². The topological polar surface area (TPSA) is 0 Å². The SMILES string of the molecule is C=C1CCC(C2C[C@@H]3CC=CC=C3BC3=C2CCCC3)CC1. The first-order chi connectivity index (χ1) is 10.8. The van der Waals surface area contributed by atoms with Crippen LogP contribution < -0.4 is 0 Å². The smallest absolute Gasteiger partial charge is 0.100 e. The zero-order chi connectivity index (χ0) is 14.9. The van der Waals surface area contributed by atoms with E-state index in [-0.39, 0.29) is 0 Å². The van der Waals surface area contributed by atoms with Crippen LogP contribution in [-0.4, -0.2) is 7.28 Å². The van der Waals surface area contributed by atoms with Gasteiger partial charge in [0.05, 0.1) is 0 Å². The molecule has 0 nitrogen and oxygen atoms in total. The molecule has 0 saturated heterocycles. The summed E-state index contributed by atoms with van der Waals surface area (Å²) >= 11 is 0. The molecule has 116 valence electrons. The van der Waals surface area contributed by atoms with Gasteiger partial charge in [0.15, 0.2) is 7.28 Å². The molecular formula is C21H29B. The van der Waals surface area contributed by atoms with Crippen molar-refractivity contribution in [3.63, 3.8) is 0 Å². The highest BCUT2D eigenvalue weighted by Gasteiger charge is 2.35. The molecule has 4 aliphatic rings. The summed E-state index contributed by atoms with van der Waals surface area (Å²) in [6, 6.07) is 0. The number of hydrogen-bond donors (Lipinski definition) is 0. The van der Waals surface area contributed by atoms with Crippen molar-refractivity contribution >= 4 is 7.28 Å². The van der Waals surface area contributed by atoms with Crippen LogP contribution in [0.5, 0.6) is 0 Å². The van der Waals surface area contributed by atoms with Crippen LogP contribution in [0.3, 0.4) is 0 Å². The molecular weight excluding hydrogens is 263 g/mol. The highest BCUT2D eigenvalue weighted by atomic mass is 14.4. The van der Waals surface area contributed by atoms with Gasteiger partial charge in [-0.15, -0.1) is 5.47 Å². The lowest BCUT2D eigenvalue weighted by Gasteiger charge is -2.36. The molecule has 4 rings (SSSR count). The third-order valence-corrected chi connectivity index (χ3v) is 6.73. The lowest BCUT2D eigenvalue weighted by atomic mass is 9.55. The summed E-state index contributed by atoms with van der Waals surface area (Å²) < 4.78 is 0. The lowest BCUT2D eigenvalue weighted by Crippen LogP contribution is -2.24. The Bertz CT molecular complexity index is 538. The number of allylic oxidation sites excluding steroid dienone is 7. The first-order valence-corrected chi connectivity index (χ1v) is 9.54. The van der Waals surface area contributed by atoms with Gasteiger partial charge in [0.25, 0.3) is 0 Å². The molecule has 1 unspecified atom stereocenters. The van der Waals surface area contributed by atoms with Gasteiger partial charge in [0, 0.05) is 0 Å². The predicted octanol–water partition coefficient (Wildman–Crippen LogP) is 5.48. The Labute approximate surface area is 136 Å². The minimum atomic E-state index is 0.839. The molecule has 1 fully saturated rings. The molecule has 0 amide bonds. The van der Waals surface area contributed by atoms with Gasteiger partial charge >= 0.3 is 0 Å². The first kappa shape index (κ1) is 14.6. The molecule has 0 N–H and O–H groups in total. The van der Waals surface area contributed by atoms with E-state index in [0.717, 1.165) is 17.8 Å². The highest BCUT2D eigenvalue weighted by Crippen LogP contribution is 2.47. The summed E-state index contributed by atoms with van der Waals surface area (Å²) in [5.41, 5.74) is 7.02. The van der Waals surface area contributed by atoms with Crippen molar-refractivity contribution in [1.29, 1.82) is 0 Å².